The lowest BCUT2D eigenvalue weighted by Crippen LogP contribution is -2.23. The van der Waals surface area contributed by atoms with Gasteiger partial charge in [-0.3, -0.25) is 20.3 Å². The number of nitrogens with one attached hydrogen (secondary N) is 2. The van der Waals surface area contributed by atoms with Crippen LogP contribution in [-0.2, 0) is 9.59 Å². The molecule has 66 valence electrons. The molecule has 2 N–H and O–H groups in total. The summed E-state index contributed by atoms with van der Waals surface area (Å²) in [6.07, 6.45) is 0. The van der Waals surface area contributed by atoms with Gasteiger partial charge in [0.15, 0.2) is 0 Å². The summed E-state index contributed by atoms with van der Waals surface area (Å²) >= 11 is 0. The number of hydrogen-bond donors (Lipinski definition) is 2. The van der Waals surface area contributed by atoms with Crippen molar-refractivity contribution < 1.29 is 9.59 Å². The van der Waals surface area contributed by atoms with Gasteiger partial charge >= 0.3 is 0 Å². The Morgan fingerprint density at radius 3 is 2.36 bits per heavy atom. The van der Waals surface area contributed by atoms with Gasteiger partial charge in [-0.1, -0.05) is 0 Å². The minimum atomic E-state index is -0.851. The first kappa shape index (κ1) is 9.40. The lowest BCUT2D eigenvalue weighted by molar-refractivity contribution is -0.123. The van der Waals surface area contributed by atoms with E-state index in [1.807, 2.05) is 5.32 Å². The van der Waals surface area contributed by atoms with Crippen LogP contribution in [0.1, 0.15) is 0 Å². The van der Waals surface area contributed by atoms with Gasteiger partial charge in [-0.15, -0.1) is 0 Å². The molecule has 0 aromatic rings. The smallest absolute Gasteiger partial charge is 0.269 e. The van der Waals surface area contributed by atoms with Crippen LogP contribution in [0.2, 0.25) is 0 Å². The number of rotatable bonds is 1. The molecule has 1 heterocycles. The first-order chi connectivity index (χ1) is 6.65. The molecular weight excluding hydrogens is 184 g/mol. The highest BCUT2D eigenvalue weighted by Gasteiger charge is 2.32. The molecule has 1 rings (SSSR count). The van der Waals surface area contributed by atoms with Gasteiger partial charge in [0.1, 0.15) is 23.3 Å². The number of imide groups is 1. The van der Waals surface area contributed by atoms with E-state index in [4.69, 9.17) is 15.9 Å². The maximum atomic E-state index is 11.1. The molecule has 0 atom stereocenters. The summed E-state index contributed by atoms with van der Waals surface area (Å²) in [5.41, 5.74) is -1.26. The van der Waals surface area contributed by atoms with Crippen molar-refractivity contribution in [3.8, 4) is 12.1 Å². The van der Waals surface area contributed by atoms with Crippen LogP contribution in [0.3, 0.4) is 0 Å². The highest BCUT2D eigenvalue weighted by atomic mass is 16.2. The quantitative estimate of drug-likeness (QED) is 0.315. The maximum absolute atomic E-state index is 11.1. The molecule has 2 amide bonds. The second-order valence-corrected chi connectivity index (χ2v) is 2.26. The molecule has 0 radical (unpaired) electrons. The van der Waals surface area contributed by atoms with Crippen LogP contribution in [0.25, 0.3) is 0 Å². The van der Waals surface area contributed by atoms with Crippen LogP contribution in [0.5, 0.6) is 0 Å². The molecule has 1 aliphatic rings. The zero-order valence-electron chi connectivity index (χ0n) is 6.71. The van der Waals surface area contributed by atoms with E-state index in [-0.39, 0.29) is 5.57 Å². The topological polar surface area (TPSA) is 118 Å². The zero-order valence-corrected chi connectivity index (χ0v) is 6.71. The summed E-state index contributed by atoms with van der Waals surface area (Å²) in [5, 5.41) is 25.6. The Hall–Kier alpha value is -2.69. The Kier molecular flexibility index (Phi) is 2.26. The number of nitrogens with zero attached hydrogens (tertiary/aromatic N) is 2. The molecule has 6 nitrogen and oxygen atoms in total. The van der Waals surface area contributed by atoms with Crippen molar-refractivity contribution >= 4 is 17.7 Å². The van der Waals surface area contributed by atoms with Crippen molar-refractivity contribution in [2.24, 2.45) is 0 Å². The Morgan fingerprint density at radius 1 is 1.29 bits per heavy atom. The van der Waals surface area contributed by atoms with E-state index in [0.717, 1.165) is 0 Å². The Morgan fingerprint density at radius 2 is 1.93 bits per heavy atom. The molecule has 0 aromatic carbocycles. The molecule has 0 spiro atoms. The lowest BCUT2D eigenvalue weighted by Gasteiger charge is -1.90. The fraction of sp³-hybridized carbons (Fsp3) is 0. The Labute approximate surface area is 78.3 Å². The molecule has 1 aliphatic heterocycles. The normalized spacial score (nSPS) is 14.1. The van der Waals surface area contributed by atoms with Crippen molar-refractivity contribution in [2.45, 2.75) is 0 Å². The number of nitriles is 2. The average molecular weight is 186 g/mol. The van der Waals surface area contributed by atoms with Crippen molar-refractivity contribution in [1.82, 2.24) is 5.32 Å². The molecule has 0 bridgehead atoms. The molecule has 14 heavy (non-hydrogen) atoms. The predicted octanol–water partition coefficient (Wildman–Crippen LogP) is -0.839. The monoisotopic (exact) mass is 186 g/mol. The molecule has 0 aromatic heterocycles. The van der Waals surface area contributed by atoms with Crippen LogP contribution in [0.4, 0.5) is 0 Å². The summed E-state index contributed by atoms with van der Waals surface area (Å²) in [5.74, 6) is -0.00352. The van der Waals surface area contributed by atoms with Crippen molar-refractivity contribution in [3.05, 3.63) is 16.7 Å². The Balaban J connectivity index is 3.47. The number of hydrogen-bond acceptors (Lipinski definition) is 5. The van der Waals surface area contributed by atoms with Crippen LogP contribution in [0, 0.1) is 28.1 Å². The Bertz CT molecular complexity index is 494. The highest BCUT2D eigenvalue weighted by molar-refractivity contribution is 6.24. The average Bonchev–Trinajstić information content (AvgIpc) is 2.44. The SMILES string of the molecule is N#CC(=C=N)C1=C(C#N)C(=O)NC1=O. The van der Waals surface area contributed by atoms with Crippen LogP contribution in [0.15, 0.2) is 16.7 Å². The van der Waals surface area contributed by atoms with E-state index in [0.29, 0.717) is 0 Å². The van der Waals surface area contributed by atoms with E-state index in [2.05, 4.69) is 0 Å². The van der Waals surface area contributed by atoms with E-state index >= 15 is 0 Å². The third-order valence-corrected chi connectivity index (χ3v) is 1.53. The standard InChI is InChI=1S/C8H2N4O2/c9-1-4(2-10)6-5(3-11)7(13)12-8(6)14/h9H,(H,12,13,14). The summed E-state index contributed by atoms with van der Waals surface area (Å²) in [6.45, 7) is 0. The molecule has 6 heteroatoms. The third kappa shape index (κ3) is 1.18. The molecule has 0 saturated heterocycles. The lowest BCUT2D eigenvalue weighted by atomic mass is 10.1. The van der Waals surface area contributed by atoms with Gasteiger partial charge in [-0.2, -0.15) is 10.5 Å². The van der Waals surface area contributed by atoms with Gasteiger partial charge in [-0.25, -0.2) is 0 Å². The van der Waals surface area contributed by atoms with E-state index in [9.17, 15) is 9.59 Å². The largest absolute Gasteiger partial charge is 0.287 e. The second-order valence-electron chi connectivity index (χ2n) is 2.26. The number of amides is 2. The number of carbonyl (C=O) groups is 2. The zero-order chi connectivity index (χ0) is 10.7. The fourth-order valence-electron chi connectivity index (χ4n) is 0.947. The van der Waals surface area contributed by atoms with Crippen molar-refractivity contribution in [3.63, 3.8) is 0 Å². The fourth-order valence-corrected chi connectivity index (χ4v) is 0.947. The van der Waals surface area contributed by atoms with Gasteiger partial charge in [-0.05, 0) is 5.87 Å². The van der Waals surface area contributed by atoms with Crippen LogP contribution in [-0.4, -0.2) is 17.7 Å². The van der Waals surface area contributed by atoms with Gasteiger partial charge in [0, 0.05) is 0 Å². The second kappa shape index (κ2) is 3.36. The van der Waals surface area contributed by atoms with Crippen LogP contribution < -0.4 is 5.32 Å². The first-order valence-electron chi connectivity index (χ1n) is 3.36. The van der Waals surface area contributed by atoms with Crippen molar-refractivity contribution in [1.29, 1.82) is 15.9 Å². The summed E-state index contributed by atoms with van der Waals surface area (Å²) < 4.78 is 0. The minimum absolute atomic E-state index is 0.380. The molecule has 0 saturated carbocycles. The van der Waals surface area contributed by atoms with Gasteiger partial charge in [0.25, 0.3) is 11.8 Å². The summed E-state index contributed by atoms with van der Waals surface area (Å²) in [7, 11) is 0. The van der Waals surface area contributed by atoms with Gasteiger partial charge in [0.05, 0.1) is 5.57 Å². The summed E-state index contributed by atoms with van der Waals surface area (Å²) in [4.78, 5) is 22.0. The predicted molar refractivity (Wildman–Crippen MR) is 42.6 cm³/mol. The summed E-state index contributed by atoms with van der Waals surface area (Å²) in [6, 6.07) is 3.00. The van der Waals surface area contributed by atoms with E-state index in [1.54, 1.807) is 5.87 Å². The van der Waals surface area contributed by atoms with Gasteiger partial charge in [0.2, 0.25) is 0 Å². The molecule has 0 fully saturated rings. The first-order valence-corrected chi connectivity index (χ1v) is 3.36. The van der Waals surface area contributed by atoms with E-state index in [1.165, 1.54) is 12.1 Å². The minimum Gasteiger partial charge on any atom is -0.287 e. The van der Waals surface area contributed by atoms with Crippen LogP contribution >= 0.6 is 0 Å². The van der Waals surface area contributed by atoms with Crippen molar-refractivity contribution in [2.75, 3.05) is 0 Å². The number of carbonyl (C=O) groups excluding carboxylic acids is 2. The third-order valence-electron chi connectivity index (χ3n) is 1.53. The maximum Gasteiger partial charge on any atom is 0.269 e. The van der Waals surface area contributed by atoms with E-state index < -0.39 is 23.0 Å². The highest BCUT2D eigenvalue weighted by Crippen LogP contribution is 2.17. The molecule has 0 unspecified atom stereocenters. The van der Waals surface area contributed by atoms with Gasteiger partial charge < -0.3 is 0 Å². The molecule has 0 aliphatic carbocycles. The molecular formula is C8H2N4O2.